The summed E-state index contributed by atoms with van der Waals surface area (Å²) in [6.45, 7) is 0.369. The van der Waals surface area contributed by atoms with E-state index in [0.717, 1.165) is 12.1 Å². The third-order valence-corrected chi connectivity index (χ3v) is 5.24. The van der Waals surface area contributed by atoms with E-state index in [4.69, 9.17) is 16.3 Å². The lowest BCUT2D eigenvalue weighted by Gasteiger charge is -2.24. The Balaban J connectivity index is 1.65. The van der Waals surface area contributed by atoms with Gasteiger partial charge in [-0.1, -0.05) is 23.7 Å². The monoisotopic (exact) mass is 505 g/mol. The molecule has 0 saturated heterocycles. The summed E-state index contributed by atoms with van der Waals surface area (Å²) >= 11 is 5.99. The molecule has 10 heteroatoms. The molecule has 0 spiro atoms. The van der Waals surface area contributed by atoms with Crippen molar-refractivity contribution in [3.63, 3.8) is 0 Å². The Kier molecular flexibility index (Phi) is 8.59. The second-order valence-corrected chi connectivity index (χ2v) is 7.91. The average molecular weight is 506 g/mol. The number of carbonyl (C=O) groups excluding carboxylic acids is 2. The van der Waals surface area contributed by atoms with E-state index in [1.54, 1.807) is 48.5 Å². The number of anilines is 2. The van der Waals surface area contributed by atoms with Gasteiger partial charge in [-0.25, -0.2) is 4.79 Å². The standard InChI is InChI=1S/C25H23ClF3N3O3/c1-35-22-11-9-21(10-12-22)32(24(34)31-20-8-3-7-19(26)16-20)14-4-13-30-23(33)17-5-2-6-18(15-17)25(27,28)29/h2-3,5-12,15-16H,4,13-14H2,1H3,(H,30,33)(H,31,34). The number of hydrogen-bond donors (Lipinski definition) is 2. The van der Waals surface area contributed by atoms with Gasteiger partial charge in [0.15, 0.2) is 0 Å². The maximum Gasteiger partial charge on any atom is 0.416 e. The van der Waals surface area contributed by atoms with E-state index in [0.29, 0.717) is 28.6 Å². The van der Waals surface area contributed by atoms with Crippen LogP contribution in [0.4, 0.5) is 29.3 Å². The van der Waals surface area contributed by atoms with Crippen LogP contribution in [0.5, 0.6) is 5.75 Å². The summed E-state index contributed by atoms with van der Waals surface area (Å²) in [5, 5.41) is 5.85. The molecule has 0 atom stereocenters. The van der Waals surface area contributed by atoms with E-state index >= 15 is 0 Å². The molecule has 0 heterocycles. The van der Waals surface area contributed by atoms with Crippen molar-refractivity contribution in [1.29, 1.82) is 0 Å². The van der Waals surface area contributed by atoms with E-state index < -0.39 is 23.7 Å². The number of hydrogen-bond acceptors (Lipinski definition) is 3. The summed E-state index contributed by atoms with van der Waals surface area (Å²) in [6.07, 6.45) is -4.19. The van der Waals surface area contributed by atoms with Gasteiger partial charge in [0.1, 0.15) is 5.75 Å². The number of urea groups is 1. The Bertz CT molecular complexity index is 1170. The van der Waals surface area contributed by atoms with E-state index in [9.17, 15) is 22.8 Å². The Morgan fingerprint density at radius 1 is 1.00 bits per heavy atom. The maximum atomic E-state index is 13.0. The molecule has 0 unspecified atom stereocenters. The topological polar surface area (TPSA) is 70.7 Å². The molecule has 2 N–H and O–H groups in total. The second kappa shape index (κ2) is 11.6. The molecule has 3 amide bonds. The number of nitrogens with one attached hydrogen (secondary N) is 2. The van der Waals surface area contributed by atoms with Gasteiger partial charge < -0.3 is 15.4 Å². The summed E-state index contributed by atoms with van der Waals surface area (Å²) < 4.78 is 43.9. The number of halogens is 4. The molecule has 0 aliphatic rings. The minimum absolute atomic E-state index is 0.0921. The first-order valence-electron chi connectivity index (χ1n) is 10.6. The lowest BCUT2D eigenvalue weighted by atomic mass is 10.1. The lowest BCUT2D eigenvalue weighted by molar-refractivity contribution is -0.137. The number of methoxy groups -OCH3 is 1. The molecule has 3 rings (SSSR count). The third-order valence-electron chi connectivity index (χ3n) is 5.00. The van der Waals surface area contributed by atoms with Crippen LogP contribution >= 0.6 is 11.6 Å². The number of benzene rings is 3. The highest BCUT2D eigenvalue weighted by Crippen LogP contribution is 2.29. The maximum absolute atomic E-state index is 13.0. The quantitative estimate of drug-likeness (QED) is 0.357. The minimum Gasteiger partial charge on any atom is -0.497 e. The Hall–Kier alpha value is -3.72. The second-order valence-electron chi connectivity index (χ2n) is 7.48. The third kappa shape index (κ3) is 7.38. The van der Waals surface area contributed by atoms with Gasteiger partial charge in [0, 0.05) is 35.1 Å². The molecule has 0 radical (unpaired) electrons. The molecular formula is C25H23ClF3N3O3. The van der Waals surface area contributed by atoms with Crippen LogP contribution in [-0.4, -0.2) is 32.1 Å². The van der Waals surface area contributed by atoms with Crippen LogP contribution in [0.3, 0.4) is 0 Å². The fourth-order valence-corrected chi connectivity index (χ4v) is 3.44. The zero-order chi connectivity index (χ0) is 25.4. The van der Waals surface area contributed by atoms with Crippen LogP contribution in [0.25, 0.3) is 0 Å². The number of nitrogens with zero attached hydrogens (tertiary/aromatic N) is 1. The molecule has 0 fully saturated rings. The molecule has 3 aromatic carbocycles. The van der Waals surface area contributed by atoms with Crippen molar-refractivity contribution < 1.29 is 27.5 Å². The van der Waals surface area contributed by atoms with Crippen LogP contribution in [-0.2, 0) is 6.18 Å². The molecule has 184 valence electrons. The summed E-state index contributed by atoms with van der Waals surface area (Å²) in [4.78, 5) is 26.8. The normalized spacial score (nSPS) is 11.0. The molecule has 35 heavy (non-hydrogen) atoms. The molecule has 6 nitrogen and oxygen atoms in total. The van der Waals surface area contributed by atoms with Crippen molar-refractivity contribution in [3.8, 4) is 5.75 Å². The molecule has 0 aliphatic heterocycles. The van der Waals surface area contributed by atoms with Crippen LogP contribution in [0.15, 0.2) is 72.8 Å². The molecular weight excluding hydrogens is 483 g/mol. The SMILES string of the molecule is COc1ccc(N(CCCNC(=O)c2cccc(C(F)(F)F)c2)C(=O)Nc2cccc(Cl)c2)cc1. The highest BCUT2D eigenvalue weighted by molar-refractivity contribution is 6.30. The average Bonchev–Trinajstić information content (AvgIpc) is 2.83. The number of rotatable bonds is 8. The van der Waals surface area contributed by atoms with Crippen molar-refractivity contribution in [3.05, 3.63) is 88.9 Å². The van der Waals surface area contributed by atoms with Gasteiger partial charge in [0.05, 0.1) is 12.7 Å². The van der Waals surface area contributed by atoms with Gasteiger partial charge in [-0.05, 0) is 67.1 Å². The van der Waals surface area contributed by atoms with Crippen molar-refractivity contribution in [1.82, 2.24) is 5.32 Å². The number of amides is 3. The summed E-state index contributed by atoms with van der Waals surface area (Å²) in [6, 6.07) is 17.4. The highest BCUT2D eigenvalue weighted by Gasteiger charge is 2.30. The van der Waals surface area contributed by atoms with E-state index in [1.165, 1.54) is 24.1 Å². The first-order valence-corrected chi connectivity index (χ1v) is 11.0. The minimum atomic E-state index is -4.54. The fraction of sp³-hybridized carbons (Fsp3) is 0.200. The van der Waals surface area contributed by atoms with Crippen molar-refractivity contribution in [2.45, 2.75) is 12.6 Å². The van der Waals surface area contributed by atoms with Crippen molar-refractivity contribution >= 4 is 34.9 Å². The number of ether oxygens (including phenoxy) is 1. The van der Waals surface area contributed by atoms with Crippen LogP contribution in [0, 0.1) is 0 Å². The van der Waals surface area contributed by atoms with Gasteiger partial charge in [-0.2, -0.15) is 13.2 Å². The van der Waals surface area contributed by atoms with Gasteiger partial charge in [0.25, 0.3) is 5.91 Å². The zero-order valence-corrected chi connectivity index (χ0v) is 19.5. The summed E-state index contributed by atoms with van der Waals surface area (Å²) in [5.74, 6) is -0.00669. The van der Waals surface area contributed by atoms with Crippen LogP contribution in [0.1, 0.15) is 22.3 Å². The van der Waals surface area contributed by atoms with E-state index in [1.807, 2.05) is 0 Å². The van der Waals surface area contributed by atoms with Gasteiger partial charge in [-0.15, -0.1) is 0 Å². The Morgan fingerprint density at radius 3 is 2.37 bits per heavy atom. The predicted molar refractivity (Wildman–Crippen MR) is 129 cm³/mol. The predicted octanol–water partition coefficient (Wildman–Crippen LogP) is 6.23. The molecule has 0 saturated carbocycles. The molecule has 0 bridgehead atoms. The van der Waals surface area contributed by atoms with Gasteiger partial charge >= 0.3 is 12.2 Å². The summed E-state index contributed by atoms with van der Waals surface area (Å²) in [5.41, 5.74) is 0.118. The molecule has 3 aromatic rings. The van der Waals surface area contributed by atoms with Crippen LogP contribution in [0.2, 0.25) is 5.02 Å². The van der Waals surface area contributed by atoms with Gasteiger partial charge in [-0.3, -0.25) is 9.69 Å². The molecule has 0 aromatic heterocycles. The number of alkyl halides is 3. The Morgan fingerprint density at radius 2 is 1.71 bits per heavy atom. The fourth-order valence-electron chi connectivity index (χ4n) is 3.25. The summed E-state index contributed by atoms with van der Waals surface area (Å²) in [7, 11) is 1.53. The van der Waals surface area contributed by atoms with E-state index in [-0.39, 0.29) is 18.7 Å². The molecule has 0 aliphatic carbocycles. The Labute approximate surface area is 205 Å². The lowest BCUT2D eigenvalue weighted by Crippen LogP contribution is -2.37. The van der Waals surface area contributed by atoms with Crippen molar-refractivity contribution in [2.75, 3.05) is 30.4 Å². The first-order chi connectivity index (χ1) is 16.7. The van der Waals surface area contributed by atoms with Crippen LogP contribution < -0.4 is 20.3 Å². The van der Waals surface area contributed by atoms with Crippen molar-refractivity contribution in [2.24, 2.45) is 0 Å². The zero-order valence-electron chi connectivity index (χ0n) is 18.7. The smallest absolute Gasteiger partial charge is 0.416 e. The largest absolute Gasteiger partial charge is 0.497 e. The first kappa shape index (κ1) is 25.9. The highest BCUT2D eigenvalue weighted by atomic mass is 35.5. The number of carbonyl (C=O) groups is 2. The van der Waals surface area contributed by atoms with Gasteiger partial charge in [0.2, 0.25) is 0 Å². The van der Waals surface area contributed by atoms with E-state index in [2.05, 4.69) is 10.6 Å².